The molecule has 0 unspecified atom stereocenters. The van der Waals surface area contributed by atoms with Crippen molar-refractivity contribution in [2.24, 2.45) is 17.3 Å². The highest BCUT2D eigenvalue weighted by molar-refractivity contribution is 5.40. The Bertz CT molecular complexity index is 587. The number of rotatable bonds is 3. The number of aliphatic hydroxyl groups is 1. The van der Waals surface area contributed by atoms with Crippen LogP contribution >= 0.6 is 0 Å². The van der Waals surface area contributed by atoms with Crippen molar-refractivity contribution in [1.82, 2.24) is 5.32 Å². The Kier molecular flexibility index (Phi) is 3.89. The summed E-state index contributed by atoms with van der Waals surface area (Å²) in [6.45, 7) is 3.45. The number of benzene rings is 1. The average Bonchev–Trinajstić information content (AvgIpc) is 2.89. The van der Waals surface area contributed by atoms with Crippen LogP contribution in [0, 0.1) is 17.3 Å². The summed E-state index contributed by atoms with van der Waals surface area (Å²) in [7, 11) is 0. The summed E-state index contributed by atoms with van der Waals surface area (Å²) in [4.78, 5) is 0. The highest BCUT2D eigenvalue weighted by atomic mass is 16.3. The number of fused-ring (bicyclic) bond motifs is 5. The molecule has 4 rings (SSSR count). The second kappa shape index (κ2) is 5.78. The quantitative estimate of drug-likeness (QED) is 0.803. The standard InChI is InChI=1S/C20H29NO2/c1-20-9-8-16-15-5-3-14(23)12-13(15)2-4-17(16)18(20)6-7-19(20)21-10-11-22/h3,5,12,16-19,21-23H,2,4,6-11H2,1H3/t16-,17-,18+,19+,20+/m1/s1. The first-order valence-corrected chi connectivity index (χ1v) is 9.29. The first-order chi connectivity index (χ1) is 11.1. The number of nitrogens with one attached hydrogen (secondary N) is 1. The first-order valence-electron chi connectivity index (χ1n) is 9.29. The van der Waals surface area contributed by atoms with Gasteiger partial charge in [-0.25, -0.2) is 0 Å². The Morgan fingerprint density at radius 2 is 2.09 bits per heavy atom. The molecule has 3 aliphatic carbocycles. The lowest BCUT2D eigenvalue weighted by molar-refractivity contribution is 0.0402. The summed E-state index contributed by atoms with van der Waals surface area (Å²) in [5.74, 6) is 2.71. The van der Waals surface area contributed by atoms with E-state index >= 15 is 0 Å². The minimum atomic E-state index is 0.236. The second-order valence-corrected chi connectivity index (χ2v) is 8.15. The van der Waals surface area contributed by atoms with Crippen LogP contribution in [0.5, 0.6) is 5.75 Å². The molecular weight excluding hydrogens is 286 g/mol. The van der Waals surface area contributed by atoms with E-state index in [1.807, 2.05) is 12.1 Å². The largest absolute Gasteiger partial charge is 0.508 e. The summed E-state index contributed by atoms with van der Waals surface area (Å²) in [6, 6.07) is 6.61. The molecule has 0 spiro atoms. The molecule has 3 nitrogen and oxygen atoms in total. The molecule has 0 radical (unpaired) electrons. The van der Waals surface area contributed by atoms with E-state index in [9.17, 15) is 5.11 Å². The van der Waals surface area contributed by atoms with Crippen molar-refractivity contribution in [3.05, 3.63) is 29.3 Å². The molecular formula is C20H29NO2. The maximum absolute atomic E-state index is 9.76. The molecule has 0 aliphatic heterocycles. The Labute approximate surface area is 139 Å². The number of phenolic OH excluding ortho intramolecular Hbond substituents is 1. The van der Waals surface area contributed by atoms with Crippen LogP contribution in [0.4, 0.5) is 0 Å². The summed E-state index contributed by atoms with van der Waals surface area (Å²) in [5.41, 5.74) is 3.28. The van der Waals surface area contributed by atoms with E-state index in [-0.39, 0.29) is 6.61 Å². The zero-order valence-corrected chi connectivity index (χ0v) is 14.1. The number of hydrogen-bond acceptors (Lipinski definition) is 3. The van der Waals surface area contributed by atoms with Crippen molar-refractivity contribution in [3.63, 3.8) is 0 Å². The number of aromatic hydroxyl groups is 1. The fourth-order valence-electron chi connectivity index (χ4n) is 6.14. The van der Waals surface area contributed by atoms with Gasteiger partial charge in [-0.05, 0) is 85.0 Å². The molecule has 126 valence electrons. The average molecular weight is 315 g/mol. The zero-order chi connectivity index (χ0) is 16.0. The topological polar surface area (TPSA) is 52.5 Å². The Morgan fingerprint density at radius 3 is 2.91 bits per heavy atom. The SMILES string of the molecule is C[C@]12CC[C@@H]3c4ccc(O)cc4CC[C@H]3[C@@H]1CC[C@@H]2NCCO. The molecule has 0 aromatic heterocycles. The van der Waals surface area contributed by atoms with E-state index in [1.54, 1.807) is 0 Å². The molecule has 1 aromatic carbocycles. The second-order valence-electron chi connectivity index (χ2n) is 8.15. The molecule has 0 amide bonds. The van der Waals surface area contributed by atoms with Crippen molar-refractivity contribution in [2.45, 2.75) is 57.4 Å². The first kappa shape index (κ1) is 15.5. The van der Waals surface area contributed by atoms with Crippen molar-refractivity contribution in [1.29, 1.82) is 0 Å². The summed E-state index contributed by atoms with van der Waals surface area (Å²) >= 11 is 0. The number of aliphatic hydroxyl groups excluding tert-OH is 1. The van der Waals surface area contributed by atoms with Crippen LogP contribution in [0.2, 0.25) is 0 Å². The van der Waals surface area contributed by atoms with Gasteiger partial charge in [0.2, 0.25) is 0 Å². The Hall–Kier alpha value is -1.06. The lowest BCUT2D eigenvalue weighted by Gasteiger charge is -2.51. The van der Waals surface area contributed by atoms with E-state index in [0.717, 1.165) is 24.8 Å². The third-order valence-electron chi connectivity index (χ3n) is 7.21. The smallest absolute Gasteiger partial charge is 0.115 e. The summed E-state index contributed by atoms with van der Waals surface area (Å²) in [6.07, 6.45) is 7.52. The number of phenols is 1. The molecule has 2 fully saturated rings. The maximum atomic E-state index is 9.76. The minimum Gasteiger partial charge on any atom is -0.508 e. The summed E-state index contributed by atoms with van der Waals surface area (Å²) in [5, 5.41) is 22.5. The predicted molar refractivity (Wildman–Crippen MR) is 91.6 cm³/mol. The summed E-state index contributed by atoms with van der Waals surface area (Å²) < 4.78 is 0. The lowest BCUT2D eigenvalue weighted by atomic mass is 9.55. The van der Waals surface area contributed by atoms with Gasteiger partial charge in [0.15, 0.2) is 0 Å². The van der Waals surface area contributed by atoms with Crippen LogP contribution in [-0.4, -0.2) is 29.4 Å². The number of aryl methyl sites for hydroxylation is 1. The fraction of sp³-hybridized carbons (Fsp3) is 0.700. The predicted octanol–water partition coefficient (Wildman–Crippen LogP) is 3.20. The van der Waals surface area contributed by atoms with E-state index in [1.165, 1.54) is 43.2 Å². The molecule has 3 N–H and O–H groups in total. The zero-order valence-electron chi connectivity index (χ0n) is 14.1. The molecule has 0 heterocycles. The van der Waals surface area contributed by atoms with E-state index in [2.05, 4.69) is 18.3 Å². The highest BCUT2D eigenvalue weighted by Gasteiger charge is 2.54. The van der Waals surface area contributed by atoms with Gasteiger partial charge in [0.05, 0.1) is 6.61 Å². The minimum absolute atomic E-state index is 0.236. The van der Waals surface area contributed by atoms with Crippen molar-refractivity contribution in [2.75, 3.05) is 13.2 Å². The van der Waals surface area contributed by atoms with Gasteiger partial charge < -0.3 is 15.5 Å². The monoisotopic (exact) mass is 315 g/mol. The third kappa shape index (κ3) is 2.40. The molecule has 1 aromatic rings. The van der Waals surface area contributed by atoms with Gasteiger partial charge in [-0.3, -0.25) is 0 Å². The van der Waals surface area contributed by atoms with Crippen LogP contribution < -0.4 is 5.32 Å². The van der Waals surface area contributed by atoms with Crippen molar-refractivity contribution in [3.8, 4) is 5.75 Å². The Morgan fingerprint density at radius 1 is 1.22 bits per heavy atom. The molecule has 5 atom stereocenters. The highest BCUT2D eigenvalue weighted by Crippen LogP contribution is 2.60. The molecule has 0 saturated heterocycles. The van der Waals surface area contributed by atoms with Gasteiger partial charge in [-0.1, -0.05) is 13.0 Å². The number of hydrogen-bond donors (Lipinski definition) is 3. The van der Waals surface area contributed by atoms with Gasteiger partial charge >= 0.3 is 0 Å². The van der Waals surface area contributed by atoms with Crippen LogP contribution in [0.25, 0.3) is 0 Å². The Balaban J connectivity index is 1.59. The van der Waals surface area contributed by atoms with Crippen LogP contribution in [0.3, 0.4) is 0 Å². The van der Waals surface area contributed by atoms with Gasteiger partial charge in [0.25, 0.3) is 0 Å². The van der Waals surface area contributed by atoms with Crippen molar-refractivity contribution >= 4 is 0 Å². The lowest BCUT2D eigenvalue weighted by Crippen LogP contribution is -2.49. The van der Waals surface area contributed by atoms with Gasteiger partial charge in [0, 0.05) is 12.6 Å². The maximum Gasteiger partial charge on any atom is 0.115 e. The van der Waals surface area contributed by atoms with E-state index < -0.39 is 0 Å². The van der Waals surface area contributed by atoms with Crippen LogP contribution in [-0.2, 0) is 6.42 Å². The van der Waals surface area contributed by atoms with Crippen molar-refractivity contribution < 1.29 is 10.2 Å². The van der Waals surface area contributed by atoms with E-state index in [0.29, 0.717) is 23.1 Å². The normalized spacial score (nSPS) is 38.7. The van der Waals surface area contributed by atoms with Crippen LogP contribution in [0.1, 0.15) is 56.1 Å². The molecule has 2 saturated carbocycles. The molecule has 23 heavy (non-hydrogen) atoms. The molecule has 0 bridgehead atoms. The van der Waals surface area contributed by atoms with Crippen LogP contribution in [0.15, 0.2) is 18.2 Å². The van der Waals surface area contributed by atoms with Gasteiger partial charge in [0.1, 0.15) is 5.75 Å². The van der Waals surface area contributed by atoms with Gasteiger partial charge in [-0.2, -0.15) is 0 Å². The third-order valence-corrected chi connectivity index (χ3v) is 7.21. The van der Waals surface area contributed by atoms with E-state index in [4.69, 9.17) is 5.11 Å². The molecule has 3 aliphatic rings. The fourth-order valence-corrected chi connectivity index (χ4v) is 6.14. The van der Waals surface area contributed by atoms with Gasteiger partial charge in [-0.15, -0.1) is 0 Å². The molecule has 3 heteroatoms.